The van der Waals surface area contributed by atoms with Crippen molar-refractivity contribution < 1.29 is 9.90 Å². The second-order valence-corrected chi connectivity index (χ2v) is 6.22. The van der Waals surface area contributed by atoms with Crippen molar-refractivity contribution in [3.8, 4) is 0 Å². The molecular formula is C13H27N3O2. The van der Waals surface area contributed by atoms with E-state index in [0.717, 1.165) is 26.2 Å². The number of piperazine rings is 1. The largest absolute Gasteiger partial charge is 0.389 e. The molecule has 18 heavy (non-hydrogen) atoms. The van der Waals surface area contributed by atoms with Crippen molar-refractivity contribution in [3.05, 3.63) is 0 Å². The normalized spacial score (nSPS) is 19.1. The zero-order valence-corrected chi connectivity index (χ0v) is 12.3. The van der Waals surface area contributed by atoms with Gasteiger partial charge in [0, 0.05) is 31.7 Å². The summed E-state index contributed by atoms with van der Waals surface area (Å²) in [5.74, 6) is 0.112. The zero-order valence-electron chi connectivity index (χ0n) is 12.3. The highest BCUT2D eigenvalue weighted by molar-refractivity contribution is 5.78. The van der Waals surface area contributed by atoms with Gasteiger partial charge in [0.2, 0.25) is 5.91 Å². The van der Waals surface area contributed by atoms with Crippen LogP contribution in [0.5, 0.6) is 0 Å². The van der Waals surface area contributed by atoms with Gasteiger partial charge in [-0.15, -0.1) is 0 Å². The van der Waals surface area contributed by atoms with E-state index in [1.807, 2.05) is 18.7 Å². The van der Waals surface area contributed by atoms with Crippen molar-refractivity contribution in [1.82, 2.24) is 15.1 Å². The molecule has 0 bridgehead atoms. The number of carbonyl (C=O) groups excluding carboxylic acids is 1. The second-order valence-electron chi connectivity index (χ2n) is 6.22. The lowest BCUT2D eigenvalue weighted by Gasteiger charge is -2.39. The molecule has 0 saturated carbocycles. The van der Waals surface area contributed by atoms with Crippen LogP contribution in [0.2, 0.25) is 0 Å². The Balaban J connectivity index is 2.42. The summed E-state index contributed by atoms with van der Waals surface area (Å²) in [6, 6.07) is 0. The quantitative estimate of drug-likeness (QED) is 0.738. The minimum Gasteiger partial charge on any atom is -0.389 e. The minimum absolute atomic E-state index is 0.112. The Kier molecular flexibility index (Phi) is 4.75. The first-order chi connectivity index (χ1) is 8.13. The molecule has 0 atom stereocenters. The van der Waals surface area contributed by atoms with Gasteiger partial charge >= 0.3 is 0 Å². The van der Waals surface area contributed by atoms with E-state index in [9.17, 15) is 9.90 Å². The Hall–Kier alpha value is -0.650. The monoisotopic (exact) mass is 257 g/mol. The van der Waals surface area contributed by atoms with E-state index >= 15 is 0 Å². The van der Waals surface area contributed by atoms with Crippen LogP contribution in [0.15, 0.2) is 0 Å². The van der Waals surface area contributed by atoms with Gasteiger partial charge < -0.3 is 20.2 Å². The van der Waals surface area contributed by atoms with Crippen molar-refractivity contribution in [2.45, 2.75) is 38.8 Å². The molecule has 5 nitrogen and oxygen atoms in total. The van der Waals surface area contributed by atoms with Crippen LogP contribution >= 0.6 is 0 Å². The lowest BCUT2D eigenvalue weighted by Crippen LogP contribution is -2.59. The standard InChI is InChI=1S/C13H27N3O2/c1-12(2,13(3,4)18)14-10-11(17)16-8-6-15(5)7-9-16/h14,18H,6-10H2,1-5H3. The number of hydrogen-bond donors (Lipinski definition) is 2. The summed E-state index contributed by atoms with van der Waals surface area (Å²) in [5, 5.41) is 13.2. The highest BCUT2D eigenvalue weighted by Gasteiger charge is 2.35. The van der Waals surface area contributed by atoms with E-state index in [4.69, 9.17) is 0 Å². The van der Waals surface area contributed by atoms with Crippen LogP contribution in [0.3, 0.4) is 0 Å². The summed E-state index contributed by atoms with van der Waals surface area (Å²) >= 11 is 0. The van der Waals surface area contributed by atoms with Gasteiger partial charge in [-0.3, -0.25) is 4.79 Å². The second kappa shape index (κ2) is 5.55. The fourth-order valence-electron chi connectivity index (χ4n) is 1.68. The molecule has 1 fully saturated rings. The van der Waals surface area contributed by atoms with E-state index in [-0.39, 0.29) is 12.5 Å². The molecule has 1 heterocycles. The predicted octanol–water partition coefficient (Wildman–Crippen LogP) is -0.100. The first kappa shape index (κ1) is 15.4. The Bertz CT molecular complexity index is 289. The van der Waals surface area contributed by atoms with Crippen molar-refractivity contribution in [2.24, 2.45) is 0 Å². The summed E-state index contributed by atoms with van der Waals surface area (Å²) < 4.78 is 0. The van der Waals surface area contributed by atoms with Gasteiger partial charge in [0.05, 0.1) is 12.1 Å². The molecule has 106 valence electrons. The summed E-state index contributed by atoms with van der Waals surface area (Å²) in [6.07, 6.45) is 0. The molecule has 0 unspecified atom stereocenters. The van der Waals surface area contributed by atoms with Crippen LogP contribution in [0, 0.1) is 0 Å². The average Bonchev–Trinajstić information content (AvgIpc) is 2.25. The Morgan fingerprint density at radius 3 is 2.11 bits per heavy atom. The van der Waals surface area contributed by atoms with Crippen molar-refractivity contribution in [3.63, 3.8) is 0 Å². The van der Waals surface area contributed by atoms with Crippen molar-refractivity contribution in [1.29, 1.82) is 0 Å². The number of rotatable bonds is 4. The third kappa shape index (κ3) is 3.93. The number of hydrogen-bond acceptors (Lipinski definition) is 4. The van der Waals surface area contributed by atoms with Gasteiger partial charge in [0.15, 0.2) is 0 Å². The van der Waals surface area contributed by atoms with E-state index in [1.54, 1.807) is 13.8 Å². The van der Waals surface area contributed by atoms with E-state index < -0.39 is 11.1 Å². The molecule has 1 rings (SSSR count). The van der Waals surface area contributed by atoms with Gasteiger partial charge in [-0.05, 0) is 34.7 Å². The number of amides is 1. The number of aliphatic hydroxyl groups is 1. The molecule has 1 amide bonds. The van der Waals surface area contributed by atoms with E-state index in [0.29, 0.717) is 0 Å². The number of nitrogens with one attached hydrogen (secondary N) is 1. The summed E-state index contributed by atoms with van der Waals surface area (Å²) in [5.41, 5.74) is -1.36. The third-order valence-corrected chi connectivity index (χ3v) is 4.07. The number of nitrogens with zero attached hydrogens (tertiary/aromatic N) is 2. The van der Waals surface area contributed by atoms with Crippen LogP contribution < -0.4 is 5.32 Å². The van der Waals surface area contributed by atoms with Gasteiger partial charge in [0.1, 0.15) is 0 Å². The minimum atomic E-state index is -0.866. The Labute approximate surface area is 110 Å². The van der Waals surface area contributed by atoms with Gasteiger partial charge in [-0.1, -0.05) is 0 Å². The molecule has 0 aromatic heterocycles. The first-order valence-electron chi connectivity index (χ1n) is 6.57. The van der Waals surface area contributed by atoms with Crippen molar-refractivity contribution in [2.75, 3.05) is 39.8 Å². The highest BCUT2D eigenvalue weighted by Crippen LogP contribution is 2.20. The first-order valence-corrected chi connectivity index (χ1v) is 6.57. The Morgan fingerprint density at radius 2 is 1.67 bits per heavy atom. The maximum absolute atomic E-state index is 12.0. The maximum atomic E-state index is 12.0. The van der Waals surface area contributed by atoms with Crippen LogP contribution in [0.4, 0.5) is 0 Å². The Morgan fingerprint density at radius 1 is 1.17 bits per heavy atom. The molecular weight excluding hydrogens is 230 g/mol. The number of carbonyl (C=O) groups is 1. The lowest BCUT2D eigenvalue weighted by atomic mass is 9.86. The molecule has 1 aliphatic rings. The fraction of sp³-hybridized carbons (Fsp3) is 0.923. The van der Waals surface area contributed by atoms with Crippen LogP contribution in [0.25, 0.3) is 0 Å². The predicted molar refractivity (Wildman–Crippen MR) is 72.5 cm³/mol. The van der Waals surface area contributed by atoms with Crippen LogP contribution in [0.1, 0.15) is 27.7 Å². The summed E-state index contributed by atoms with van der Waals surface area (Å²) in [4.78, 5) is 16.1. The molecule has 0 spiro atoms. The van der Waals surface area contributed by atoms with Crippen molar-refractivity contribution >= 4 is 5.91 Å². The summed E-state index contributed by atoms with van der Waals surface area (Å²) in [7, 11) is 2.07. The SMILES string of the molecule is CN1CCN(C(=O)CNC(C)(C)C(C)(C)O)CC1. The van der Waals surface area contributed by atoms with Gasteiger partial charge in [0.25, 0.3) is 0 Å². The summed E-state index contributed by atoms with van der Waals surface area (Å²) in [6.45, 7) is 11.0. The molecule has 0 radical (unpaired) electrons. The molecule has 1 aliphatic heterocycles. The topological polar surface area (TPSA) is 55.8 Å². The molecule has 0 aromatic rings. The number of likely N-dealkylation sites (N-methyl/N-ethyl adjacent to an activating group) is 1. The molecule has 0 aromatic carbocycles. The zero-order chi connectivity index (χ0) is 14.0. The highest BCUT2D eigenvalue weighted by atomic mass is 16.3. The van der Waals surface area contributed by atoms with Gasteiger partial charge in [-0.2, -0.15) is 0 Å². The average molecular weight is 257 g/mol. The van der Waals surface area contributed by atoms with Crippen LogP contribution in [-0.4, -0.2) is 71.7 Å². The van der Waals surface area contributed by atoms with E-state index in [2.05, 4.69) is 17.3 Å². The molecule has 5 heteroatoms. The molecule has 1 saturated heterocycles. The lowest BCUT2D eigenvalue weighted by molar-refractivity contribution is -0.132. The maximum Gasteiger partial charge on any atom is 0.236 e. The smallest absolute Gasteiger partial charge is 0.236 e. The molecule has 0 aliphatic carbocycles. The van der Waals surface area contributed by atoms with Crippen LogP contribution in [-0.2, 0) is 4.79 Å². The fourth-order valence-corrected chi connectivity index (χ4v) is 1.68. The third-order valence-electron chi connectivity index (χ3n) is 4.07. The molecule has 2 N–H and O–H groups in total. The van der Waals surface area contributed by atoms with E-state index in [1.165, 1.54) is 0 Å². The van der Waals surface area contributed by atoms with Gasteiger partial charge in [-0.25, -0.2) is 0 Å².